The number of aromatic nitrogens is 4. The van der Waals surface area contributed by atoms with Crippen LogP contribution in [0.4, 0.5) is 17.6 Å². The topological polar surface area (TPSA) is 43.6 Å². The van der Waals surface area contributed by atoms with Crippen molar-refractivity contribution in [3.63, 3.8) is 0 Å². The number of fused-ring (bicyclic) bond motifs is 1. The van der Waals surface area contributed by atoms with Gasteiger partial charge in [0.05, 0.1) is 22.8 Å². The van der Waals surface area contributed by atoms with E-state index in [1.807, 2.05) is 0 Å². The van der Waals surface area contributed by atoms with E-state index in [4.69, 9.17) is 11.6 Å². The van der Waals surface area contributed by atoms with Crippen LogP contribution in [0, 0.1) is 5.82 Å². The van der Waals surface area contributed by atoms with Crippen molar-refractivity contribution in [1.82, 2.24) is 19.7 Å². The molecule has 0 N–H and O–H groups in total. The lowest BCUT2D eigenvalue weighted by Gasteiger charge is -2.13. The zero-order valence-corrected chi connectivity index (χ0v) is 10.8. The van der Waals surface area contributed by atoms with Crippen LogP contribution in [-0.2, 0) is 6.18 Å². The van der Waals surface area contributed by atoms with Crippen LogP contribution in [0.3, 0.4) is 0 Å². The van der Waals surface area contributed by atoms with Crippen LogP contribution in [0.15, 0.2) is 30.7 Å². The van der Waals surface area contributed by atoms with Gasteiger partial charge in [-0.3, -0.25) is 0 Å². The molecule has 0 saturated heterocycles. The first-order valence-corrected chi connectivity index (χ1v) is 5.97. The summed E-state index contributed by atoms with van der Waals surface area (Å²) in [6.07, 6.45) is -2.37. The van der Waals surface area contributed by atoms with Crippen molar-refractivity contribution in [3.8, 4) is 5.69 Å². The van der Waals surface area contributed by atoms with Crippen molar-refractivity contribution < 1.29 is 17.6 Å². The summed E-state index contributed by atoms with van der Waals surface area (Å²) < 4.78 is 53.2. The molecule has 2 aromatic heterocycles. The van der Waals surface area contributed by atoms with Gasteiger partial charge in [0.2, 0.25) is 0 Å². The molecule has 0 amide bonds. The summed E-state index contributed by atoms with van der Waals surface area (Å²) in [6, 6.07) is 2.31. The Balaban J connectivity index is 2.31. The smallest absolute Gasteiger partial charge is 0.224 e. The fraction of sp³-hybridized carbons (Fsp3) is 0.0833. The summed E-state index contributed by atoms with van der Waals surface area (Å²) in [4.78, 5) is 7.59. The molecule has 0 radical (unpaired) electrons. The summed E-state index contributed by atoms with van der Waals surface area (Å²) in [5, 5.41) is 4.21. The second kappa shape index (κ2) is 4.66. The monoisotopic (exact) mass is 316 g/mol. The number of benzene rings is 1. The Kier molecular flexibility index (Phi) is 3.05. The number of hydrogen-bond donors (Lipinski definition) is 0. The third-order valence-corrected chi connectivity index (χ3v) is 3.11. The molecule has 0 aliphatic heterocycles. The molecule has 108 valence electrons. The summed E-state index contributed by atoms with van der Waals surface area (Å²) in [5.41, 5.74) is -1.39. The molecule has 3 rings (SSSR count). The number of alkyl halides is 3. The first-order chi connectivity index (χ1) is 9.88. The summed E-state index contributed by atoms with van der Waals surface area (Å²) in [5.74, 6) is -0.991. The van der Waals surface area contributed by atoms with E-state index in [9.17, 15) is 17.6 Å². The van der Waals surface area contributed by atoms with E-state index in [-0.39, 0.29) is 16.5 Å². The van der Waals surface area contributed by atoms with E-state index in [2.05, 4.69) is 15.1 Å². The van der Waals surface area contributed by atoms with Gasteiger partial charge in [0, 0.05) is 0 Å². The maximum absolute atomic E-state index is 13.1. The highest BCUT2D eigenvalue weighted by molar-refractivity contribution is 6.33. The zero-order chi connectivity index (χ0) is 15.2. The van der Waals surface area contributed by atoms with Crippen molar-refractivity contribution in [2.75, 3.05) is 0 Å². The van der Waals surface area contributed by atoms with Gasteiger partial charge in [-0.25, -0.2) is 19.0 Å². The van der Waals surface area contributed by atoms with Crippen molar-refractivity contribution in [1.29, 1.82) is 0 Å². The standard InChI is InChI=1S/C12H5ClF4N4/c13-10-7-4-20-21(11(7)19-5-18-10)9-2-1-6(14)3-8(9)12(15,16)17/h1-5H. The molecule has 0 saturated carbocycles. The molecule has 2 heterocycles. The predicted octanol–water partition coefficient (Wildman–Crippen LogP) is 3.63. The normalized spacial score (nSPS) is 12.0. The zero-order valence-electron chi connectivity index (χ0n) is 10.1. The minimum Gasteiger partial charge on any atom is -0.224 e. The fourth-order valence-electron chi connectivity index (χ4n) is 1.91. The van der Waals surface area contributed by atoms with Gasteiger partial charge in [-0.1, -0.05) is 11.6 Å². The number of nitrogens with zero attached hydrogens (tertiary/aromatic N) is 4. The third-order valence-electron chi connectivity index (χ3n) is 2.81. The predicted molar refractivity (Wildman–Crippen MR) is 66.6 cm³/mol. The van der Waals surface area contributed by atoms with Crippen LogP contribution < -0.4 is 0 Å². The lowest BCUT2D eigenvalue weighted by molar-refractivity contribution is -0.137. The van der Waals surface area contributed by atoms with E-state index in [1.165, 1.54) is 6.20 Å². The third kappa shape index (κ3) is 2.31. The van der Waals surface area contributed by atoms with Gasteiger partial charge in [0.25, 0.3) is 0 Å². The van der Waals surface area contributed by atoms with Crippen LogP contribution in [-0.4, -0.2) is 19.7 Å². The van der Waals surface area contributed by atoms with E-state index in [1.54, 1.807) is 0 Å². The van der Waals surface area contributed by atoms with Gasteiger partial charge >= 0.3 is 6.18 Å². The molecule has 3 aromatic rings. The van der Waals surface area contributed by atoms with Crippen molar-refractivity contribution in [2.24, 2.45) is 0 Å². The Labute approximate surface area is 120 Å². The fourth-order valence-corrected chi connectivity index (χ4v) is 2.09. The quantitative estimate of drug-likeness (QED) is 0.508. The lowest BCUT2D eigenvalue weighted by atomic mass is 10.1. The van der Waals surface area contributed by atoms with Gasteiger partial charge in [-0.05, 0) is 18.2 Å². The first kappa shape index (κ1) is 13.7. The second-order valence-electron chi connectivity index (χ2n) is 4.12. The van der Waals surface area contributed by atoms with Gasteiger partial charge in [0.15, 0.2) is 5.65 Å². The highest BCUT2D eigenvalue weighted by atomic mass is 35.5. The van der Waals surface area contributed by atoms with Gasteiger partial charge < -0.3 is 0 Å². The molecule has 0 bridgehead atoms. The summed E-state index contributed by atoms with van der Waals surface area (Å²) in [6.45, 7) is 0. The molecule has 0 fully saturated rings. The van der Waals surface area contributed by atoms with Crippen molar-refractivity contribution in [3.05, 3.63) is 47.3 Å². The maximum Gasteiger partial charge on any atom is 0.418 e. The molecule has 0 aliphatic rings. The van der Waals surface area contributed by atoms with Crippen LogP contribution >= 0.6 is 11.6 Å². The minimum absolute atomic E-state index is 0.0712. The second-order valence-corrected chi connectivity index (χ2v) is 4.48. The molecule has 4 nitrogen and oxygen atoms in total. The Bertz CT molecular complexity index is 828. The molecule has 0 unspecified atom stereocenters. The summed E-state index contributed by atoms with van der Waals surface area (Å²) >= 11 is 5.83. The Morgan fingerprint density at radius 1 is 1.14 bits per heavy atom. The number of rotatable bonds is 1. The van der Waals surface area contributed by atoms with Crippen molar-refractivity contribution >= 4 is 22.6 Å². The lowest BCUT2D eigenvalue weighted by Crippen LogP contribution is -2.12. The van der Waals surface area contributed by atoms with E-state index < -0.39 is 17.6 Å². The maximum atomic E-state index is 13.1. The minimum atomic E-state index is -4.73. The van der Waals surface area contributed by atoms with E-state index in [0.29, 0.717) is 11.5 Å². The first-order valence-electron chi connectivity index (χ1n) is 5.59. The van der Waals surface area contributed by atoms with Gasteiger partial charge in [0.1, 0.15) is 17.3 Å². The number of hydrogen-bond acceptors (Lipinski definition) is 3. The molecular formula is C12H5ClF4N4. The van der Waals surface area contributed by atoms with Gasteiger partial charge in [-0.2, -0.15) is 18.3 Å². The molecule has 9 heteroatoms. The molecular weight excluding hydrogens is 312 g/mol. The molecule has 0 aliphatic carbocycles. The summed E-state index contributed by atoms with van der Waals surface area (Å²) in [7, 11) is 0. The Morgan fingerprint density at radius 2 is 1.90 bits per heavy atom. The highest BCUT2D eigenvalue weighted by Gasteiger charge is 2.35. The van der Waals surface area contributed by atoms with Crippen LogP contribution in [0.5, 0.6) is 0 Å². The average Bonchev–Trinajstić information content (AvgIpc) is 2.83. The van der Waals surface area contributed by atoms with Crippen LogP contribution in [0.2, 0.25) is 5.15 Å². The largest absolute Gasteiger partial charge is 0.418 e. The van der Waals surface area contributed by atoms with Crippen LogP contribution in [0.1, 0.15) is 5.56 Å². The van der Waals surface area contributed by atoms with E-state index in [0.717, 1.165) is 23.1 Å². The molecule has 0 spiro atoms. The molecule has 1 aromatic carbocycles. The Morgan fingerprint density at radius 3 is 2.62 bits per heavy atom. The molecule has 21 heavy (non-hydrogen) atoms. The van der Waals surface area contributed by atoms with E-state index >= 15 is 0 Å². The van der Waals surface area contributed by atoms with Crippen LogP contribution in [0.25, 0.3) is 16.7 Å². The highest BCUT2D eigenvalue weighted by Crippen LogP contribution is 2.35. The van der Waals surface area contributed by atoms with Gasteiger partial charge in [-0.15, -0.1) is 0 Å². The SMILES string of the molecule is Fc1ccc(-n2ncc3c(Cl)ncnc32)c(C(F)(F)F)c1. The molecule has 0 atom stereocenters. The Hall–Kier alpha value is -2.22. The number of halogens is 5. The average molecular weight is 317 g/mol. The van der Waals surface area contributed by atoms with Crippen molar-refractivity contribution in [2.45, 2.75) is 6.18 Å².